The molecule has 1 aromatic heterocycles. The molecule has 4 heteroatoms. The molecular weight excluding hydrogens is 260 g/mol. The maximum Gasteiger partial charge on any atom is 0.349 e. The number of para-hydroxylation sites is 1. The van der Waals surface area contributed by atoms with Gasteiger partial charge in [0, 0.05) is 10.1 Å². The van der Waals surface area contributed by atoms with E-state index in [1.807, 2.05) is 42.5 Å². The van der Waals surface area contributed by atoms with E-state index < -0.39 is 5.97 Å². The number of hydrogen-bond acceptors (Lipinski definition) is 3. The van der Waals surface area contributed by atoms with E-state index in [-0.39, 0.29) is 4.88 Å². The minimum atomic E-state index is -0.966. The first-order valence-corrected chi connectivity index (χ1v) is 6.55. The summed E-state index contributed by atoms with van der Waals surface area (Å²) in [5, 5.41) is 10.1. The molecular formula is C15H10O3S. The molecule has 0 bridgehead atoms. The van der Waals surface area contributed by atoms with Crippen LogP contribution in [-0.2, 0) is 0 Å². The predicted molar refractivity (Wildman–Crippen MR) is 75.3 cm³/mol. The van der Waals surface area contributed by atoms with Crippen LogP contribution < -0.4 is 4.74 Å². The number of aromatic carboxylic acids is 1. The van der Waals surface area contributed by atoms with Crippen molar-refractivity contribution in [3.05, 3.63) is 59.5 Å². The van der Waals surface area contributed by atoms with Crippen LogP contribution in [0.4, 0.5) is 0 Å². The Balaban J connectivity index is 2.15. The van der Waals surface area contributed by atoms with E-state index in [0.717, 1.165) is 10.1 Å². The molecule has 0 aliphatic rings. The van der Waals surface area contributed by atoms with Crippen LogP contribution in [0.3, 0.4) is 0 Å². The van der Waals surface area contributed by atoms with E-state index >= 15 is 0 Å². The first kappa shape index (κ1) is 11.7. The molecule has 0 amide bonds. The number of hydrogen-bond donors (Lipinski definition) is 1. The van der Waals surface area contributed by atoms with Crippen LogP contribution in [0.1, 0.15) is 9.67 Å². The van der Waals surface area contributed by atoms with Crippen LogP contribution in [-0.4, -0.2) is 11.1 Å². The third-order valence-electron chi connectivity index (χ3n) is 2.71. The van der Waals surface area contributed by atoms with E-state index in [1.54, 1.807) is 12.1 Å². The lowest BCUT2D eigenvalue weighted by atomic mass is 10.2. The van der Waals surface area contributed by atoms with Crippen molar-refractivity contribution in [3.8, 4) is 11.5 Å². The summed E-state index contributed by atoms with van der Waals surface area (Å²) in [6, 6.07) is 16.7. The largest absolute Gasteiger partial charge is 0.477 e. The SMILES string of the molecule is O=C(O)c1sc2ccccc2c1Oc1ccccc1. The lowest BCUT2D eigenvalue weighted by Gasteiger charge is -2.05. The fourth-order valence-corrected chi connectivity index (χ4v) is 2.84. The van der Waals surface area contributed by atoms with Crippen molar-refractivity contribution in [2.45, 2.75) is 0 Å². The van der Waals surface area contributed by atoms with Crippen molar-refractivity contribution >= 4 is 27.4 Å². The van der Waals surface area contributed by atoms with Crippen molar-refractivity contribution in [1.82, 2.24) is 0 Å². The highest BCUT2D eigenvalue weighted by atomic mass is 32.1. The number of benzene rings is 2. The van der Waals surface area contributed by atoms with Crippen LogP contribution in [0.25, 0.3) is 10.1 Å². The van der Waals surface area contributed by atoms with Gasteiger partial charge in [-0.1, -0.05) is 30.3 Å². The van der Waals surface area contributed by atoms with Gasteiger partial charge in [0.05, 0.1) is 0 Å². The summed E-state index contributed by atoms with van der Waals surface area (Å²) < 4.78 is 6.66. The molecule has 3 nitrogen and oxygen atoms in total. The van der Waals surface area contributed by atoms with E-state index in [0.29, 0.717) is 11.5 Å². The zero-order valence-electron chi connectivity index (χ0n) is 9.87. The minimum absolute atomic E-state index is 0.227. The maximum absolute atomic E-state index is 11.3. The Morgan fingerprint density at radius 3 is 2.42 bits per heavy atom. The van der Waals surface area contributed by atoms with Crippen LogP contribution in [0.2, 0.25) is 0 Å². The fraction of sp³-hybridized carbons (Fsp3) is 0. The molecule has 0 atom stereocenters. The van der Waals surface area contributed by atoms with Gasteiger partial charge in [0.15, 0.2) is 10.6 Å². The van der Waals surface area contributed by atoms with Crippen LogP contribution in [0.15, 0.2) is 54.6 Å². The van der Waals surface area contributed by atoms with Gasteiger partial charge in [-0.05, 0) is 24.3 Å². The lowest BCUT2D eigenvalue weighted by molar-refractivity contribution is 0.0700. The van der Waals surface area contributed by atoms with Gasteiger partial charge in [0.2, 0.25) is 0 Å². The summed E-state index contributed by atoms with van der Waals surface area (Å²) >= 11 is 1.23. The first-order valence-electron chi connectivity index (χ1n) is 5.73. The van der Waals surface area contributed by atoms with Crippen molar-refractivity contribution in [2.24, 2.45) is 0 Å². The van der Waals surface area contributed by atoms with Gasteiger partial charge in [-0.15, -0.1) is 11.3 Å². The van der Waals surface area contributed by atoms with Crippen molar-refractivity contribution in [3.63, 3.8) is 0 Å². The molecule has 3 aromatic rings. The topological polar surface area (TPSA) is 46.5 Å². The van der Waals surface area contributed by atoms with E-state index in [4.69, 9.17) is 4.74 Å². The summed E-state index contributed by atoms with van der Waals surface area (Å²) in [6.07, 6.45) is 0. The Morgan fingerprint density at radius 2 is 1.68 bits per heavy atom. The molecule has 0 unspecified atom stereocenters. The maximum atomic E-state index is 11.3. The van der Waals surface area contributed by atoms with Gasteiger partial charge in [0.1, 0.15) is 5.75 Å². The standard InChI is InChI=1S/C15H10O3S/c16-15(17)14-13(18-10-6-2-1-3-7-10)11-8-4-5-9-12(11)19-14/h1-9H,(H,16,17). The third-order valence-corrected chi connectivity index (χ3v) is 3.85. The number of carboxylic acid groups (broad SMARTS) is 1. The molecule has 19 heavy (non-hydrogen) atoms. The predicted octanol–water partition coefficient (Wildman–Crippen LogP) is 4.39. The minimum Gasteiger partial charge on any atom is -0.477 e. The van der Waals surface area contributed by atoms with Gasteiger partial charge in [-0.2, -0.15) is 0 Å². The third kappa shape index (κ3) is 2.18. The highest BCUT2D eigenvalue weighted by Crippen LogP contribution is 2.40. The highest BCUT2D eigenvalue weighted by Gasteiger charge is 2.19. The summed E-state index contributed by atoms with van der Waals surface area (Å²) in [6.45, 7) is 0. The van der Waals surface area contributed by atoms with Gasteiger partial charge in [-0.25, -0.2) is 4.79 Å². The average molecular weight is 270 g/mol. The Morgan fingerprint density at radius 1 is 1.00 bits per heavy atom. The highest BCUT2D eigenvalue weighted by molar-refractivity contribution is 7.21. The number of thiophene rings is 1. The summed E-state index contributed by atoms with van der Waals surface area (Å²) in [4.78, 5) is 11.5. The molecule has 2 aromatic carbocycles. The van der Waals surface area contributed by atoms with Crippen molar-refractivity contribution < 1.29 is 14.6 Å². The van der Waals surface area contributed by atoms with Gasteiger partial charge < -0.3 is 9.84 Å². The van der Waals surface area contributed by atoms with Crippen molar-refractivity contribution in [1.29, 1.82) is 0 Å². The molecule has 94 valence electrons. The number of carbonyl (C=O) groups is 1. The quantitative estimate of drug-likeness (QED) is 0.767. The van der Waals surface area contributed by atoms with Gasteiger partial charge >= 0.3 is 5.97 Å². The molecule has 0 saturated carbocycles. The second-order valence-electron chi connectivity index (χ2n) is 3.98. The summed E-state index contributed by atoms with van der Waals surface area (Å²) in [5.41, 5.74) is 0. The van der Waals surface area contributed by atoms with Crippen molar-refractivity contribution in [2.75, 3.05) is 0 Å². The molecule has 1 N–H and O–H groups in total. The molecule has 0 spiro atoms. The number of carboxylic acids is 1. The lowest BCUT2D eigenvalue weighted by Crippen LogP contribution is -1.95. The fourth-order valence-electron chi connectivity index (χ4n) is 1.87. The molecule has 0 fully saturated rings. The van der Waals surface area contributed by atoms with Crippen LogP contribution in [0, 0.1) is 0 Å². The Hall–Kier alpha value is -2.33. The summed E-state index contributed by atoms with van der Waals surface area (Å²) in [7, 11) is 0. The molecule has 0 aliphatic carbocycles. The monoisotopic (exact) mass is 270 g/mol. The van der Waals surface area contributed by atoms with Gasteiger partial charge in [0.25, 0.3) is 0 Å². The second-order valence-corrected chi connectivity index (χ2v) is 5.03. The first-order chi connectivity index (χ1) is 9.25. The van der Waals surface area contributed by atoms with E-state index in [9.17, 15) is 9.90 Å². The second kappa shape index (κ2) is 4.74. The molecule has 0 saturated heterocycles. The summed E-state index contributed by atoms with van der Waals surface area (Å²) in [5.74, 6) is 0.0833. The molecule has 0 aliphatic heterocycles. The molecule has 3 rings (SSSR count). The number of rotatable bonds is 3. The Kier molecular flexibility index (Phi) is 2.93. The normalized spacial score (nSPS) is 10.5. The van der Waals surface area contributed by atoms with E-state index in [1.165, 1.54) is 11.3 Å². The molecule has 1 heterocycles. The zero-order chi connectivity index (χ0) is 13.2. The van der Waals surface area contributed by atoms with Crippen LogP contribution in [0.5, 0.6) is 11.5 Å². The van der Waals surface area contributed by atoms with E-state index in [2.05, 4.69) is 0 Å². The number of fused-ring (bicyclic) bond motifs is 1. The smallest absolute Gasteiger partial charge is 0.349 e. The zero-order valence-corrected chi connectivity index (χ0v) is 10.7. The Bertz CT molecular complexity index is 731. The van der Waals surface area contributed by atoms with Gasteiger partial charge in [-0.3, -0.25) is 0 Å². The average Bonchev–Trinajstić information content (AvgIpc) is 2.79. The molecule has 0 radical (unpaired) electrons. The van der Waals surface area contributed by atoms with Crippen LogP contribution >= 0.6 is 11.3 Å². The Labute approximate surface area is 113 Å². The number of ether oxygens (including phenoxy) is 1.